The number of carbonyl (C=O) groups excluding carboxylic acids is 1. The molecule has 2 aliphatic heterocycles. The van der Waals surface area contributed by atoms with E-state index in [0.29, 0.717) is 19.7 Å². The van der Waals surface area contributed by atoms with Gasteiger partial charge in [-0.15, -0.1) is 0 Å². The van der Waals surface area contributed by atoms with E-state index in [-0.39, 0.29) is 23.7 Å². The summed E-state index contributed by atoms with van der Waals surface area (Å²) in [6, 6.07) is 11.1. The molecule has 0 spiro atoms. The number of benzene rings is 1. The molecular formula is C24H39N5O3. The van der Waals surface area contributed by atoms with Crippen LogP contribution >= 0.6 is 0 Å². The second-order valence-electron chi connectivity index (χ2n) is 8.70. The monoisotopic (exact) mass is 445 g/mol. The number of ether oxygens (including phenoxy) is 2. The molecule has 2 heterocycles. The fourth-order valence-electron chi connectivity index (χ4n) is 4.48. The highest BCUT2D eigenvalue weighted by Gasteiger charge is 2.34. The number of carbonyl (C=O) groups is 1. The van der Waals surface area contributed by atoms with Crippen molar-refractivity contribution in [1.82, 2.24) is 20.9 Å². The first-order valence-electron chi connectivity index (χ1n) is 11.8. The normalized spacial score (nSPS) is 20.5. The van der Waals surface area contributed by atoms with Gasteiger partial charge in [0.25, 0.3) is 0 Å². The second kappa shape index (κ2) is 12.1. The fraction of sp³-hybridized carbons (Fsp3) is 0.667. The topological polar surface area (TPSA) is 87.2 Å². The van der Waals surface area contributed by atoms with E-state index in [2.05, 4.69) is 58.2 Å². The molecular weight excluding hydrogens is 406 g/mol. The average molecular weight is 446 g/mol. The van der Waals surface area contributed by atoms with E-state index >= 15 is 0 Å². The molecule has 178 valence electrons. The number of rotatable bonds is 7. The van der Waals surface area contributed by atoms with Gasteiger partial charge in [0.15, 0.2) is 5.96 Å². The van der Waals surface area contributed by atoms with Gasteiger partial charge in [0.05, 0.1) is 6.61 Å². The number of nitrogens with one attached hydrogen (secondary N) is 3. The Labute approximate surface area is 192 Å². The van der Waals surface area contributed by atoms with Crippen LogP contribution < -0.4 is 16.0 Å². The van der Waals surface area contributed by atoms with Crippen molar-refractivity contribution in [2.24, 2.45) is 4.99 Å². The van der Waals surface area contributed by atoms with Gasteiger partial charge in [-0.1, -0.05) is 30.3 Å². The third kappa shape index (κ3) is 6.84. The first-order chi connectivity index (χ1) is 15.5. The summed E-state index contributed by atoms with van der Waals surface area (Å²) >= 11 is 0. The van der Waals surface area contributed by atoms with Crippen LogP contribution in [0, 0.1) is 0 Å². The van der Waals surface area contributed by atoms with E-state index in [0.717, 1.165) is 51.4 Å². The predicted octanol–water partition coefficient (Wildman–Crippen LogP) is 2.67. The molecule has 1 aromatic rings. The van der Waals surface area contributed by atoms with Crippen molar-refractivity contribution in [1.29, 1.82) is 0 Å². The highest BCUT2D eigenvalue weighted by molar-refractivity contribution is 5.80. The Morgan fingerprint density at radius 2 is 1.94 bits per heavy atom. The van der Waals surface area contributed by atoms with E-state index in [4.69, 9.17) is 9.47 Å². The third-order valence-corrected chi connectivity index (χ3v) is 6.45. The van der Waals surface area contributed by atoms with Crippen molar-refractivity contribution in [3.63, 3.8) is 0 Å². The molecule has 0 aliphatic carbocycles. The van der Waals surface area contributed by atoms with E-state index < -0.39 is 0 Å². The van der Waals surface area contributed by atoms with Crippen molar-refractivity contribution in [2.45, 2.75) is 57.2 Å². The number of nitrogens with zero attached hydrogens (tertiary/aromatic N) is 2. The molecule has 0 aromatic heterocycles. The smallest absolute Gasteiger partial charge is 0.409 e. The summed E-state index contributed by atoms with van der Waals surface area (Å²) in [6.07, 6.45) is 3.44. The molecule has 1 amide bonds. The van der Waals surface area contributed by atoms with Crippen LogP contribution in [0.4, 0.5) is 4.79 Å². The van der Waals surface area contributed by atoms with Crippen molar-refractivity contribution in [3.05, 3.63) is 35.9 Å². The number of guanidine groups is 1. The average Bonchev–Trinajstić information content (AvgIpc) is 2.83. The van der Waals surface area contributed by atoms with Crippen LogP contribution in [0.3, 0.4) is 0 Å². The Hall–Kier alpha value is -2.32. The van der Waals surface area contributed by atoms with Gasteiger partial charge in [-0.2, -0.15) is 0 Å². The number of likely N-dealkylation sites (tertiary alicyclic amines) is 1. The van der Waals surface area contributed by atoms with Crippen LogP contribution in [0.1, 0.15) is 51.1 Å². The lowest BCUT2D eigenvalue weighted by Crippen LogP contribution is -2.59. The van der Waals surface area contributed by atoms with E-state index in [1.165, 1.54) is 5.56 Å². The SMILES string of the molecule is CCOC(=O)N1CCC(NC(=NC)NCC2(NC(C)c3ccccc3)CCOCC2)CC1. The van der Waals surface area contributed by atoms with Crippen molar-refractivity contribution < 1.29 is 14.3 Å². The first-order valence-corrected chi connectivity index (χ1v) is 11.8. The fourth-order valence-corrected chi connectivity index (χ4v) is 4.48. The quantitative estimate of drug-likeness (QED) is 0.442. The third-order valence-electron chi connectivity index (χ3n) is 6.45. The van der Waals surface area contributed by atoms with Crippen LogP contribution in [0.2, 0.25) is 0 Å². The number of piperidine rings is 1. The zero-order chi connectivity index (χ0) is 22.8. The van der Waals surface area contributed by atoms with E-state index in [9.17, 15) is 4.79 Å². The number of hydrogen-bond acceptors (Lipinski definition) is 5. The Balaban J connectivity index is 1.53. The summed E-state index contributed by atoms with van der Waals surface area (Å²) in [7, 11) is 1.81. The summed E-state index contributed by atoms with van der Waals surface area (Å²) in [5.74, 6) is 0.805. The summed E-state index contributed by atoms with van der Waals surface area (Å²) in [5.41, 5.74) is 1.23. The van der Waals surface area contributed by atoms with Crippen molar-refractivity contribution in [3.8, 4) is 0 Å². The van der Waals surface area contributed by atoms with Gasteiger partial charge < -0.3 is 30.3 Å². The molecule has 0 radical (unpaired) electrons. The number of hydrogen-bond donors (Lipinski definition) is 3. The Kier molecular flexibility index (Phi) is 9.17. The Morgan fingerprint density at radius 3 is 2.56 bits per heavy atom. The molecule has 8 heteroatoms. The lowest BCUT2D eigenvalue weighted by molar-refractivity contribution is 0.0354. The van der Waals surface area contributed by atoms with E-state index in [1.807, 2.05) is 6.92 Å². The van der Waals surface area contributed by atoms with Gasteiger partial charge in [-0.05, 0) is 45.1 Å². The maximum absolute atomic E-state index is 11.9. The number of amides is 1. The highest BCUT2D eigenvalue weighted by atomic mass is 16.6. The van der Waals surface area contributed by atoms with Crippen LogP contribution in [-0.4, -0.2) is 75.0 Å². The highest BCUT2D eigenvalue weighted by Crippen LogP contribution is 2.25. The Morgan fingerprint density at radius 1 is 1.25 bits per heavy atom. The molecule has 0 bridgehead atoms. The van der Waals surface area contributed by atoms with Crippen molar-refractivity contribution >= 4 is 12.1 Å². The molecule has 3 N–H and O–H groups in total. The maximum atomic E-state index is 11.9. The summed E-state index contributed by atoms with van der Waals surface area (Å²) < 4.78 is 10.8. The minimum absolute atomic E-state index is 0.0571. The molecule has 1 atom stereocenters. The largest absolute Gasteiger partial charge is 0.450 e. The zero-order valence-electron chi connectivity index (χ0n) is 19.7. The molecule has 1 unspecified atom stereocenters. The summed E-state index contributed by atoms with van der Waals surface area (Å²) in [4.78, 5) is 18.1. The summed E-state index contributed by atoms with van der Waals surface area (Å²) in [5, 5.41) is 11.0. The molecule has 1 aromatic carbocycles. The van der Waals surface area contributed by atoms with Gasteiger partial charge in [0, 0.05) is 57.5 Å². The first kappa shape index (κ1) is 24.3. The standard InChI is InChI=1S/C24H39N5O3/c1-4-32-23(30)29-14-10-21(11-15-29)27-22(25-3)26-18-24(12-16-31-17-13-24)28-19(2)20-8-6-5-7-9-20/h5-9,19,21,28H,4,10-18H2,1-3H3,(H2,25,26,27). The van der Waals surface area contributed by atoms with Crippen LogP contribution in [0.15, 0.2) is 35.3 Å². The molecule has 32 heavy (non-hydrogen) atoms. The van der Waals surface area contributed by atoms with Gasteiger partial charge >= 0.3 is 6.09 Å². The zero-order valence-corrected chi connectivity index (χ0v) is 19.7. The Bertz CT molecular complexity index is 728. The number of aliphatic imine (C=N–C) groups is 1. The van der Waals surface area contributed by atoms with Gasteiger partial charge in [0.1, 0.15) is 0 Å². The van der Waals surface area contributed by atoms with E-state index in [1.54, 1.807) is 11.9 Å². The van der Waals surface area contributed by atoms with Gasteiger partial charge in [-0.25, -0.2) is 4.79 Å². The molecule has 8 nitrogen and oxygen atoms in total. The maximum Gasteiger partial charge on any atom is 0.409 e. The van der Waals surface area contributed by atoms with Crippen LogP contribution in [0.5, 0.6) is 0 Å². The molecule has 2 fully saturated rings. The van der Waals surface area contributed by atoms with Gasteiger partial charge in [-0.3, -0.25) is 4.99 Å². The molecule has 2 aliphatic rings. The van der Waals surface area contributed by atoms with Gasteiger partial charge in [0.2, 0.25) is 0 Å². The predicted molar refractivity (Wildman–Crippen MR) is 127 cm³/mol. The molecule has 0 saturated carbocycles. The lowest BCUT2D eigenvalue weighted by Gasteiger charge is -2.41. The second-order valence-corrected chi connectivity index (χ2v) is 8.70. The summed E-state index contributed by atoms with van der Waals surface area (Å²) in [6.45, 7) is 8.16. The lowest BCUT2D eigenvalue weighted by atomic mass is 9.88. The minimum atomic E-state index is -0.214. The van der Waals surface area contributed by atoms with Crippen LogP contribution in [0.25, 0.3) is 0 Å². The molecule has 3 rings (SSSR count). The van der Waals surface area contributed by atoms with Crippen LogP contribution in [-0.2, 0) is 9.47 Å². The molecule has 2 saturated heterocycles. The minimum Gasteiger partial charge on any atom is -0.450 e. The van der Waals surface area contributed by atoms with Crippen molar-refractivity contribution in [2.75, 3.05) is 46.5 Å².